The van der Waals surface area contributed by atoms with Crippen LogP contribution in [0.15, 0.2) is 47.0 Å². The largest absolute Gasteiger partial charge is 0.376 e. The fourth-order valence-corrected chi connectivity index (χ4v) is 4.11. The summed E-state index contributed by atoms with van der Waals surface area (Å²) in [5.74, 6) is 0.703. The van der Waals surface area contributed by atoms with Gasteiger partial charge in [0.2, 0.25) is 5.91 Å². The van der Waals surface area contributed by atoms with Crippen LogP contribution in [-0.2, 0) is 20.9 Å². The van der Waals surface area contributed by atoms with Crippen LogP contribution in [0, 0.1) is 11.7 Å². The average molecular weight is 429 g/mol. The molecule has 0 bridgehead atoms. The number of hydrogen-bond acceptors (Lipinski definition) is 5. The molecule has 1 aromatic carbocycles. The highest BCUT2D eigenvalue weighted by atomic mass is 19.1. The number of allylic oxidation sites excluding steroid dienone is 2. The van der Waals surface area contributed by atoms with Gasteiger partial charge in [0.05, 0.1) is 12.7 Å². The highest BCUT2D eigenvalue weighted by Crippen LogP contribution is 2.22. The van der Waals surface area contributed by atoms with Crippen molar-refractivity contribution in [1.29, 1.82) is 0 Å². The summed E-state index contributed by atoms with van der Waals surface area (Å²) in [7, 11) is 0. The molecular formula is C24H29FN2O4. The van der Waals surface area contributed by atoms with E-state index >= 15 is 0 Å². The predicted octanol–water partition coefficient (Wildman–Crippen LogP) is 4.36. The molecule has 4 rings (SSSR count). The summed E-state index contributed by atoms with van der Waals surface area (Å²) in [5.41, 5.74) is 1.33. The Morgan fingerprint density at radius 3 is 2.81 bits per heavy atom. The molecule has 2 heterocycles. The van der Waals surface area contributed by atoms with Crippen LogP contribution in [0.2, 0.25) is 0 Å². The summed E-state index contributed by atoms with van der Waals surface area (Å²) in [6.45, 7) is 2.31. The second kappa shape index (κ2) is 10.7. The van der Waals surface area contributed by atoms with E-state index in [-0.39, 0.29) is 31.0 Å². The van der Waals surface area contributed by atoms with Crippen molar-refractivity contribution in [3.05, 3.63) is 54.0 Å². The van der Waals surface area contributed by atoms with Crippen LogP contribution < -0.4 is 0 Å². The lowest BCUT2D eigenvalue weighted by atomic mass is 9.94. The second-order valence-electron chi connectivity index (χ2n) is 8.27. The predicted molar refractivity (Wildman–Crippen MR) is 114 cm³/mol. The van der Waals surface area contributed by atoms with Crippen molar-refractivity contribution in [2.75, 3.05) is 26.3 Å². The quantitative estimate of drug-likeness (QED) is 0.555. The van der Waals surface area contributed by atoms with E-state index in [1.807, 2.05) is 4.90 Å². The third-order valence-electron chi connectivity index (χ3n) is 5.82. The third kappa shape index (κ3) is 6.24. The van der Waals surface area contributed by atoms with E-state index in [9.17, 15) is 9.18 Å². The Kier molecular flexibility index (Phi) is 7.48. The van der Waals surface area contributed by atoms with Crippen molar-refractivity contribution in [1.82, 2.24) is 10.1 Å². The molecule has 2 aromatic rings. The molecule has 0 spiro atoms. The normalized spacial score (nSPS) is 20.8. The molecular weight excluding hydrogens is 399 g/mol. The zero-order chi connectivity index (χ0) is 21.5. The highest BCUT2D eigenvalue weighted by molar-refractivity contribution is 5.77. The van der Waals surface area contributed by atoms with Gasteiger partial charge >= 0.3 is 0 Å². The first-order valence-electron chi connectivity index (χ1n) is 11.0. The Labute approximate surface area is 182 Å². The molecule has 1 aromatic heterocycles. The van der Waals surface area contributed by atoms with E-state index < -0.39 is 0 Å². The lowest BCUT2D eigenvalue weighted by molar-refractivity contribution is -0.139. The summed E-state index contributed by atoms with van der Waals surface area (Å²) in [6, 6.07) is 7.76. The monoisotopic (exact) mass is 428 g/mol. The Bertz CT molecular complexity index is 874. The Morgan fingerprint density at radius 1 is 1.19 bits per heavy atom. The lowest BCUT2D eigenvalue weighted by Gasteiger charge is -2.30. The van der Waals surface area contributed by atoms with Crippen molar-refractivity contribution in [3.63, 3.8) is 0 Å². The molecule has 1 aliphatic heterocycles. The molecule has 166 valence electrons. The van der Waals surface area contributed by atoms with E-state index in [0.29, 0.717) is 23.9 Å². The van der Waals surface area contributed by atoms with Gasteiger partial charge in [0.25, 0.3) is 0 Å². The zero-order valence-electron chi connectivity index (χ0n) is 17.7. The molecule has 31 heavy (non-hydrogen) atoms. The van der Waals surface area contributed by atoms with Crippen LogP contribution >= 0.6 is 0 Å². The van der Waals surface area contributed by atoms with E-state index in [4.69, 9.17) is 14.0 Å². The van der Waals surface area contributed by atoms with E-state index in [0.717, 1.165) is 50.8 Å². The summed E-state index contributed by atoms with van der Waals surface area (Å²) in [5, 5.41) is 3.99. The van der Waals surface area contributed by atoms with E-state index in [1.165, 1.54) is 12.1 Å². The number of amides is 1. The van der Waals surface area contributed by atoms with Crippen LogP contribution in [0.3, 0.4) is 0 Å². The number of rotatable bonds is 9. The molecule has 1 aliphatic carbocycles. The second-order valence-corrected chi connectivity index (χ2v) is 8.27. The van der Waals surface area contributed by atoms with Crippen LogP contribution in [0.25, 0.3) is 11.3 Å². The molecule has 7 heteroatoms. The SMILES string of the molecule is O=C(COCc1cc(-c2ccc(F)cc2)on1)N(C[C@@H]1CC=CCC1)C[C@@H]1CCCO1. The summed E-state index contributed by atoms with van der Waals surface area (Å²) >= 11 is 0. The first-order valence-corrected chi connectivity index (χ1v) is 11.0. The average Bonchev–Trinajstić information content (AvgIpc) is 3.47. The number of carbonyl (C=O) groups is 1. The number of benzene rings is 1. The Hall–Kier alpha value is -2.51. The van der Waals surface area contributed by atoms with Gasteiger partial charge in [-0.05, 0) is 62.3 Å². The summed E-state index contributed by atoms with van der Waals surface area (Å²) < 4.78 is 29.8. The maximum atomic E-state index is 13.1. The van der Waals surface area contributed by atoms with Gasteiger partial charge in [0.1, 0.15) is 18.1 Å². The molecule has 6 nitrogen and oxygen atoms in total. The minimum atomic E-state index is -0.304. The molecule has 0 saturated carbocycles. The Morgan fingerprint density at radius 2 is 2.06 bits per heavy atom. The minimum Gasteiger partial charge on any atom is -0.376 e. The van der Waals surface area contributed by atoms with Gasteiger partial charge in [-0.1, -0.05) is 17.3 Å². The molecule has 1 fully saturated rings. The number of ether oxygens (including phenoxy) is 2. The maximum Gasteiger partial charge on any atom is 0.248 e. The molecule has 1 saturated heterocycles. The van der Waals surface area contributed by atoms with E-state index in [2.05, 4.69) is 17.3 Å². The molecule has 2 atom stereocenters. The fourth-order valence-electron chi connectivity index (χ4n) is 4.11. The first kappa shape index (κ1) is 21.7. The first-order chi connectivity index (χ1) is 15.2. The summed E-state index contributed by atoms with van der Waals surface area (Å²) in [4.78, 5) is 14.8. The third-order valence-corrected chi connectivity index (χ3v) is 5.82. The number of aromatic nitrogens is 1. The van der Waals surface area contributed by atoms with Gasteiger partial charge in [-0.15, -0.1) is 0 Å². The van der Waals surface area contributed by atoms with Gasteiger partial charge in [-0.25, -0.2) is 4.39 Å². The van der Waals surface area contributed by atoms with Crippen molar-refractivity contribution >= 4 is 5.91 Å². The smallest absolute Gasteiger partial charge is 0.248 e. The minimum absolute atomic E-state index is 0.00593. The van der Waals surface area contributed by atoms with Crippen LogP contribution in [-0.4, -0.2) is 48.4 Å². The number of carbonyl (C=O) groups excluding carboxylic acids is 1. The van der Waals surface area contributed by atoms with Crippen molar-refractivity contribution in [3.8, 4) is 11.3 Å². The van der Waals surface area contributed by atoms with Crippen molar-refractivity contribution in [2.24, 2.45) is 5.92 Å². The van der Waals surface area contributed by atoms with Crippen LogP contribution in [0.1, 0.15) is 37.8 Å². The molecule has 1 amide bonds. The Balaban J connectivity index is 1.29. The van der Waals surface area contributed by atoms with Crippen molar-refractivity contribution in [2.45, 2.75) is 44.8 Å². The lowest BCUT2D eigenvalue weighted by Crippen LogP contribution is -2.42. The van der Waals surface area contributed by atoms with Gasteiger partial charge in [0.15, 0.2) is 5.76 Å². The van der Waals surface area contributed by atoms with Gasteiger partial charge < -0.3 is 18.9 Å². The zero-order valence-corrected chi connectivity index (χ0v) is 17.7. The topological polar surface area (TPSA) is 64.8 Å². The molecule has 0 unspecified atom stereocenters. The maximum absolute atomic E-state index is 13.1. The van der Waals surface area contributed by atoms with Crippen molar-refractivity contribution < 1.29 is 23.2 Å². The van der Waals surface area contributed by atoms with Crippen LogP contribution in [0.5, 0.6) is 0 Å². The molecule has 0 N–H and O–H groups in total. The summed E-state index contributed by atoms with van der Waals surface area (Å²) in [6.07, 6.45) is 9.80. The molecule has 0 radical (unpaired) electrons. The number of halogens is 1. The number of hydrogen-bond donors (Lipinski definition) is 0. The highest BCUT2D eigenvalue weighted by Gasteiger charge is 2.25. The fraction of sp³-hybridized carbons (Fsp3) is 0.500. The van der Waals surface area contributed by atoms with E-state index in [1.54, 1.807) is 18.2 Å². The standard InChI is InChI=1S/C24H29FN2O4/c25-20-10-8-19(9-11-20)23-13-21(26-31-23)16-29-17-24(28)27(15-22-7-4-12-30-22)14-18-5-2-1-3-6-18/h1-2,8-11,13,18,22H,3-7,12,14-17H2/t18-,22+/m1/s1. The van der Waals surface area contributed by atoms with Gasteiger partial charge in [-0.2, -0.15) is 0 Å². The molecule has 2 aliphatic rings. The number of nitrogens with zero attached hydrogens (tertiary/aromatic N) is 2. The van der Waals surface area contributed by atoms with Crippen LogP contribution in [0.4, 0.5) is 4.39 Å². The van der Waals surface area contributed by atoms with Gasteiger partial charge in [0, 0.05) is 31.3 Å². The van der Waals surface area contributed by atoms with Gasteiger partial charge in [-0.3, -0.25) is 4.79 Å².